The second-order valence-electron chi connectivity index (χ2n) is 5.89. The zero-order valence-corrected chi connectivity index (χ0v) is 13.4. The monoisotopic (exact) mass is 333 g/mol. The quantitative estimate of drug-likeness (QED) is 0.583. The predicted molar refractivity (Wildman–Crippen MR) is 93.6 cm³/mol. The van der Waals surface area contributed by atoms with Crippen LogP contribution in [0.2, 0.25) is 0 Å². The lowest BCUT2D eigenvalue weighted by molar-refractivity contribution is 0.189. The van der Waals surface area contributed by atoms with Crippen LogP contribution in [0.5, 0.6) is 0 Å². The van der Waals surface area contributed by atoms with E-state index < -0.39 is 6.35 Å². The molecule has 5 heterocycles. The van der Waals surface area contributed by atoms with E-state index in [9.17, 15) is 5.11 Å². The van der Waals surface area contributed by atoms with Gasteiger partial charge < -0.3 is 15.0 Å². The first-order valence-corrected chi connectivity index (χ1v) is 7.87. The van der Waals surface area contributed by atoms with E-state index in [0.717, 1.165) is 22.5 Å². The summed E-state index contributed by atoms with van der Waals surface area (Å²) in [5.41, 5.74) is 3.39. The number of hydrogen-bond donors (Lipinski definition) is 2. The van der Waals surface area contributed by atoms with Gasteiger partial charge in [-0.3, -0.25) is 4.90 Å². The fraction of sp³-hybridized carbons (Fsp3) is 0.118. The topological polar surface area (TPSA) is 85.6 Å². The number of pyridine rings is 1. The Kier molecular flexibility index (Phi) is 2.83. The summed E-state index contributed by atoms with van der Waals surface area (Å²) in [6.07, 6.45) is 8.18. The number of fused-ring (bicyclic) bond motifs is 2. The number of anilines is 3. The number of H-pyrrole nitrogens is 1. The molecule has 0 unspecified atom stereocenters. The Morgan fingerprint density at radius 2 is 2.12 bits per heavy atom. The number of aliphatic hydroxyl groups excluding tert-OH is 1. The van der Waals surface area contributed by atoms with Crippen molar-refractivity contribution in [3.05, 3.63) is 55.2 Å². The van der Waals surface area contributed by atoms with Gasteiger partial charge in [-0.05, 0) is 18.2 Å². The highest BCUT2D eigenvalue weighted by molar-refractivity contribution is 5.82. The molecule has 0 radical (unpaired) electrons. The molecule has 1 aliphatic rings. The number of aliphatic hydroxyl groups is 1. The number of nitrogens with zero attached hydrogens (tertiary/aromatic N) is 6. The molecule has 5 rings (SSSR count). The van der Waals surface area contributed by atoms with Crippen LogP contribution in [-0.4, -0.2) is 43.1 Å². The minimum absolute atomic E-state index is 0.572. The van der Waals surface area contributed by atoms with Crippen molar-refractivity contribution in [2.75, 3.05) is 16.8 Å². The van der Waals surface area contributed by atoms with Crippen LogP contribution >= 0.6 is 0 Å². The molecule has 0 spiro atoms. The second-order valence-corrected chi connectivity index (χ2v) is 5.89. The summed E-state index contributed by atoms with van der Waals surface area (Å²) in [7, 11) is 1.81. The van der Waals surface area contributed by atoms with Crippen molar-refractivity contribution in [1.29, 1.82) is 0 Å². The molecule has 8 heteroatoms. The van der Waals surface area contributed by atoms with Crippen LogP contribution in [0, 0.1) is 0 Å². The fourth-order valence-corrected chi connectivity index (χ4v) is 3.16. The minimum Gasteiger partial charge on any atom is -0.366 e. The highest BCUT2D eigenvalue weighted by Gasteiger charge is 2.35. The van der Waals surface area contributed by atoms with Crippen LogP contribution < -0.4 is 9.80 Å². The summed E-state index contributed by atoms with van der Waals surface area (Å²) in [4.78, 5) is 15.7. The van der Waals surface area contributed by atoms with Crippen LogP contribution in [0.15, 0.2) is 55.2 Å². The molecule has 8 nitrogen and oxygen atoms in total. The van der Waals surface area contributed by atoms with E-state index in [0.29, 0.717) is 11.6 Å². The average molecular weight is 333 g/mol. The molecule has 1 atom stereocenters. The Bertz CT molecular complexity index is 1060. The molecule has 2 N–H and O–H groups in total. The summed E-state index contributed by atoms with van der Waals surface area (Å²) < 4.78 is 1.79. The lowest BCUT2D eigenvalue weighted by Gasteiger charge is -2.23. The Balaban J connectivity index is 1.68. The van der Waals surface area contributed by atoms with Crippen molar-refractivity contribution in [1.82, 2.24) is 24.6 Å². The molecule has 0 saturated carbocycles. The van der Waals surface area contributed by atoms with E-state index in [-0.39, 0.29) is 0 Å². The Labute approximate surface area is 143 Å². The number of aromatic nitrogens is 5. The Morgan fingerprint density at radius 1 is 1.20 bits per heavy atom. The molecule has 0 bridgehead atoms. The second kappa shape index (κ2) is 5.05. The SMILES string of the molecule is CN1c2cnc(-c3cnn4ccccc34)nc2N(c2cc[nH]c2)[C@H]1O. The van der Waals surface area contributed by atoms with Gasteiger partial charge >= 0.3 is 0 Å². The van der Waals surface area contributed by atoms with Gasteiger partial charge in [0, 0.05) is 25.6 Å². The maximum absolute atomic E-state index is 10.6. The van der Waals surface area contributed by atoms with Gasteiger partial charge in [0.15, 0.2) is 11.6 Å². The third kappa shape index (κ3) is 1.94. The molecule has 25 heavy (non-hydrogen) atoms. The lowest BCUT2D eigenvalue weighted by atomic mass is 10.2. The first kappa shape index (κ1) is 14.0. The molecule has 1 aliphatic heterocycles. The average Bonchev–Trinajstić information content (AvgIpc) is 3.35. The summed E-state index contributed by atoms with van der Waals surface area (Å²) in [6, 6.07) is 7.75. The van der Waals surface area contributed by atoms with E-state index in [1.807, 2.05) is 49.9 Å². The maximum atomic E-state index is 10.6. The summed E-state index contributed by atoms with van der Waals surface area (Å²) in [6.45, 7) is 0. The number of nitrogens with one attached hydrogen (secondary N) is 1. The molecular formula is C17H15N7O. The molecule has 4 aromatic rings. The highest BCUT2D eigenvalue weighted by Crippen LogP contribution is 2.41. The molecule has 0 aromatic carbocycles. The maximum Gasteiger partial charge on any atom is 0.213 e. The third-order valence-electron chi connectivity index (χ3n) is 4.46. The van der Waals surface area contributed by atoms with Crippen molar-refractivity contribution in [2.24, 2.45) is 0 Å². The summed E-state index contributed by atoms with van der Waals surface area (Å²) in [5.74, 6) is 1.23. The standard InChI is InChI=1S/C17H15N7O/c1-22-14-10-19-15(12-9-20-23-7-3-2-4-13(12)23)21-16(14)24(17(22)25)11-5-6-18-8-11/h2-10,17-18,25H,1H3/t17-/m0/s1. The molecule has 0 amide bonds. The predicted octanol–water partition coefficient (Wildman–Crippen LogP) is 1.98. The van der Waals surface area contributed by atoms with Gasteiger partial charge in [-0.1, -0.05) is 6.07 Å². The van der Waals surface area contributed by atoms with Crippen LogP contribution in [0.3, 0.4) is 0 Å². The zero-order chi connectivity index (χ0) is 17.0. The zero-order valence-electron chi connectivity index (χ0n) is 13.4. The van der Waals surface area contributed by atoms with Crippen LogP contribution in [0.1, 0.15) is 0 Å². The van der Waals surface area contributed by atoms with E-state index in [1.54, 1.807) is 26.7 Å². The number of hydrogen-bond acceptors (Lipinski definition) is 6. The van der Waals surface area contributed by atoms with E-state index in [2.05, 4.69) is 15.1 Å². The van der Waals surface area contributed by atoms with Crippen molar-refractivity contribution < 1.29 is 5.11 Å². The van der Waals surface area contributed by atoms with Gasteiger partial charge in [-0.2, -0.15) is 5.10 Å². The van der Waals surface area contributed by atoms with Crippen molar-refractivity contribution in [3.63, 3.8) is 0 Å². The molecular weight excluding hydrogens is 318 g/mol. The third-order valence-corrected chi connectivity index (χ3v) is 4.46. The molecule has 0 aliphatic carbocycles. The Hall–Kier alpha value is -3.39. The highest BCUT2D eigenvalue weighted by atomic mass is 16.3. The number of aromatic amines is 1. The van der Waals surface area contributed by atoms with Gasteiger partial charge in [-0.15, -0.1) is 0 Å². The largest absolute Gasteiger partial charge is 0.366 e. The molecule has 124 valence electrons. The first-order chi connectivity index (χ1) is 12.2. The number of rotatable bonds is 2. The smallest absolute Gasteiger partial charge is 0.213 e. The van der Waals surface area contributed by atoms with Gasteiger partial charge in [0.05, 0.1) is 29.2 Å². The van der Waals surface area contributed by atoms with Crippen molar-refractivity contribution >= 4 is 22.7 Å². The van der Waals surface area contributed by atoms with Crippen molar-refractivity contribution in [3.8, 4) is 11.4 Å². The van der Waals surface area contributed by atoms with E-state index >= 15 is 0 Å². The van der Waals surface area contributed by atoms with E-state index in [1.165, 1.54) is 0 Å². The molecule has 4 aromatic heterocycles. The van der Waals surface area contributed by atoms with Gasteiger partial charge in [0.25, 0.3) is 0 Å². The van der Waals surface area contributed by atoms with Gasteiger partial charge in [0.1, 0.15) is 5.69 Å². The molecule has 0 fully saturated rings. The van der Waals surface area contributed by atoms with Crippen LogP contribution in [-0.2, 0) is 0 Å². The van der Waals surface area contributed by atoms with Crippen LogP contribution in [0.4, 0.5) is 17.2 Å². The van der Waals surface area contributed by atoms with Gasteiger partial charge in [-0.25, -0.2) is 14.5 Å². The van der Waals surface area contributed by atoms with Crippen LogP contribution in [0.25, 0.3) is 16.9 Å². The summed E-state index contributed by atoms with van der Waals surface area (Å²) >= 11 is 0. The lowest BCUT2D eigenvalue weighted by Crippen LogP contribution is -2.38. The Morgan fingerprint density at radius 3 is 2.96 bits per heavy atom. The normalized spacial score (nSPS) is 16.6. The summed E-state index contributed by atoms with van der Waals surface area (Å²) in [5, 5.41) is 14.9. The fourth-order valence-electron chi connectivity index (χ4n) is 3.16. The van der Waals surface area contributed by atoms with Crippen molar-refractivity contribution in [2.45, 2.75) is 6.35 Å². The van der Waals surface area contributed by atoms with E-state index in [4.69, 9.17) is 4.98 Å². The van der Waals surface area contributed by atoms with Gasteiger partial charge in [0.2, 0.25) is 6.35 Å². The minimum atomic E-state index is -0.834. The first-order valence-electron chi connectivity index (χ1n) is 7.87. The molecule has 0 saturated heterocycles.